The molecular formula is C77H89BrLiN13O14. The third-order valence-electron chi connectivity index (χ3n) is 15.0. The van der Waals surface area contributed by atoms with Gasteiger partial charge in [0.25, 0.3) is 11.9 Å². The van der Waals surface area contributed by atoms with Crippen LogP contribution in [-0.2, 0) is 14.3 Å². The van der Waals surface area contributed by atoms with Crippen LogP contribution in [0, 0.1) is 48.5 Å². The number of pyridine rings is 3. The molecule has 9 aromatic heterocycles. The minimum atomic E-state index is -0.747. The van der Waals surface area contributed by atoms with E-state index >= 15 is 0 Å². The van der Waals surface area contributed by atoms with E-state index in [-0.39, 0.29) is 85.4 Å². The van der Waals surface area contributed by atoms with E-state index < -0.39 is 29.3 Å². The number of benzene rings is 3. The van der Waals surface area contributed by atoms with Crippen LogP contribution in [0.4, 0.5) is 9.59 Å². The maximum atomic E-state index is 13.5. The molecule has 0 aliphatic heterocycles. The number of carbonyl (C=O) groups is 5. The first-order valence-corrected chi connectivity index (χ1v) is 34.2. The van der Waals surface area contributed by atoms with E-state index in [2.05, 4.69) is 80.1 Å². The Labute approximate surface area is 635 Å². The summed E-state index contributed by atoms with van der Waals surface area (Å²) < 4.78 is 47.3. The Morgan fingerprint density at radius 3 is 1.26 bits per heavy atom. The summed E-state index contributed by atoms with van der Waals surface area (Å²) in [7, 11) is 2.88. The molecule has 9 heterocycles. The van der Waals surface area contributed by atoms with E-state index in [0.29, 0.717) is 91.3 Å². The number of halogens is 1. The molecule has 29 heteroatoms. The molecule has 554 valence electrons. The summed E-state index contributed by atoms with van der Waals surface area (Å²) in [4.78, 5) is 100.0. The number of aromatic nitrogens is 12. The monoisotopic (exact) mass is 1510 g/mol. The number of rotatable bonds is 16. The Bertz CT molecular complexity index is 4930. The Hall–Kier alpha value is -10.7. The predicted molar refractivity (Wildman–Crippen MR) is 401 cm³/mol. The van der Waals surface area contributed by atoms with Crippen molar-refractivity contribution in [2.75, 3.05) is 34.0 Å². The zero-order valence-corrected chi connectivity index (χ0v) is 64.2. The number of unbranched alkanes of at least 4 members (excludes halogenated alkanes) is 1. The first-order valence-electron chi connectivity index (χ1n) is 33.4. The quantitative estimate of drug-likeness (QED) is 0.0309. The first-order chi connectivity index (χ1) is 49.5. The molecule has 1 amide bonds. The van der Waals surface area contributed by atoms with Crippen molar-refractivity contribution in [2.45, 2.75) is 142 Å². The molecule has 0 saturated heterocycles. The van der Waals surface area contributed by atoms with Crippen LogP contribution < -0.4 is 33.1 Å². The number of nitrogens with one attached hydrogen (secondary N) is 1. The molecule has 0 fully saturated rings. The van der Waals surface area contributed by atoms with Gasteiger partial charge in [0.05, 0.1) is 77.3 Å². The number of hydrogen-bond acceptors (Lipinski definition) is 23. The standard InChI is InChI=1S/C25H26N4O5.C22H28N4O6.C20H18N4O3.C5H4BrN.C4H9.CH4.Li/c1-7-32-23-27-21-17(22(30)18-10-8-9-11-26-18)12-16(20-14(2)28-34-15(20)3)13-19(21)29(23)24(31)33-25(4,5)6;1-9-30-20-23-18-15(19(27)25(7)29-8)10-14(17-12(2)24-32-13(17)3)11-16(18)26(20)21(28)31-22(4,5)6;1-4-26-20-22-16-10-13(17-11(2)24-27-12(17)3)9-14(18(16)23-20)19(25)15-7-5-6-8-21-15;6-5-3-1-2-4-7-5;1-3-4-2;;/h8-13H,7H2,1-6H3;10-11H,9H2,1-8H3;5-10H,4H2,1-3H3,(H,22,23);1-4H;1,3-4H2,2H3;1H4;/q;;;;-1;;+1. The minimum Gasteiger partial charge on any atom is -0.465 e. The van der Waals surface area contributed by atoms with Gasteiger partial charge in [-0.25, -0.2) is 19.6 Å². The molecule has 0 bridgehead atoms. The van der Waals surface area contributed by atoms with E-state index in [1.807, 2.05) is 58.0 Å². The Morgan fingerprint density at radius 1 is 0.547 bits per heavy atom. The maximum Gasteiger partial charge on any atom is 1.00 e. The largest absolute Gasteiger partial charge is 1.00 e. The van der Waals surface area contributed by atoms with Crippen molar-refractivity contribution in [1.82, 2.24) is 64.6 Å². The molecule has 0 unspecified atom stereocenters. The van der Waals surface area contributed by atoms with Crippen LogP contribution in [0.25, 0.3) is 66.5 Å². The molecule has 12 aromatic rings. The SMILES string of the molecule is Brc1ccccn1.C.CCOc1nc2c(C(=O)N(C)OC)cc(-c3c(C)noc3C)cc2n1C(=O)OC(C)(C)C.CCOc1nc2c(C(=O)c3ccccn3)cc(-c3c(C)noc3C)cc2[nH]1.CCOc1nc2c(C(=O)c3ccccn3)cc(-c3c(C)noc3C)cc2n1C(=O)OC(C)(C)C.[CH2-]CCC.[Li+]. The molecule has 3 aromatic carbocycles. The minimum absolute atomic E-state index is 0. The number of ketones is 2. The number of nitrogens with zero attached hydrogens (tertiary/aromatic N) is 12. The van der Waals surface area contributed by atoms with Gasteiger partial charge >= 0.3 is 43.1 Å². The summed E-state index contributed by atoms with van der Waals surface area (Å²) in [6.45, 7) is 33.7. The molecule has 12 rings (SSSR count). The van der Waals surface area contributed by atoms with Crippen molar-refractivity contribution in [2.24, 2.45) is 0 Å². The van der Waals surface area contributed by atoms with E-state index in [4.69, 9.17) is 42.1 Å². The summed E-state index contributed by atoms with van der Waals surface area (Å²) in [5.74, 6) is 0.866. The van der Waals surface area contributed by atoms with Crippen molar-refractivity contribution >= 4 is 78.7 Å². The number of H-pyrrole nitrogens is 1. The predicted octanol–water partition coefficient (Wildman–Crippen LogP) is 14.2. The van der Waals surface area contributed by atoms with Gasteiger partial charge in [-0.2, -0.15) is 30.5 Å². The van der Waals surface area contributed by atoms with E-state index in [1.54, 1.807) is 155 Å². The van der Waals surface area contributed by atoms with Gasteiger partial charge in [0.2, 0.25) is 11.6 Å². The number of fused-ring (bicyclic) bond motifs is 3. The normalized spacial score (nSPS) is 10.9. The van der Waals surface area contributed by atoms with Crippen molar-refractivity contribution in [3.05, 3.63) is 184 Å². The average molecular weight is 1510 g/mol. The van der Waals surface area contributed by atoms with Crippen molar-refractivity contribution in [1.29, 1.82) is 0 Å². The van der Waals surface area contributed by atoms with Crippen molar-refractivity contribution in [3.8, 4) is 51.4 Å². The second-order valence-electron chi connectivity index (χ2n) is 25.1. The number of imidazole rings is 3. The second kappa shape index (κ2) is 37.4. The zero-order chi connectivity index (χ0) is 75.9. The number of aromatic amines is 1. The molecule has 0 atom stereocenters. The average Bonchev–Trinajstić information content (AvgIpc) is 1.59. The van der Waals surface area contributed by atoms with E-state index in [1.165, 1.54) is 29.7 Å². The first kappa shape index (κ1) is 84.3. The fourth-order valence-electron chi connectivity index (χ4n) is 10.5. The van der Waals surface area contributed by atoms with Gasteiger partial charge < -0.3 is 49.2 Å². The van der Waals surface area contributed by atoms with Crippen LogP contribution >= 0.6 is 15.9 Å². The van der Waals surface area contributed by atoms with Crippen LogP contribution in [0.5, 0.6) is 18.0 Å². The fraction of sp³-hybridized carbons (Fsp3) is 0.338. The molecule has 0 saturated carbocycles. The smallest absolute Gasteiger partial charge is 0.465 e. The zero-order valence-electron chi connectivity index (χ0n) is 62.6. The molecule has 0 spiro atoms. The van der Waals surface area contributed by atoms with Gasteiger partial charge in [-0.15, -0.1) is 0 Å². The summed E-state index contributed by atoms with van der Waals surface area (Å²) in [6, 6.07) is 27.1. The Morgan fingerprint density at radius 2 is 0.934 bits per heavy atom. The van der Waals surface area contributed by atoms with Crippen LogP contribution in [0.3, 0.4) is 0 Å². The van der Waals surface area contributed by atoms with Crippen molar-refractivity contribution < 1.29 is 84.9 Å². The van der Waals surface area contributed by atoms with Crippen LogP contribution in [0.2, 0.25) is 0 Å². The molecule has 106 heavy (non-hydrogen) atoms. The summed E-state index contributed by atoms with van der Waals surface area (Å²) in [5.41, 5.74) is 9.10. The summed E-state index contributed by atoms with van der Waals surface area (Å²) in [5, 5.41) is 13.1. The Balaban J connectivity index is 0.000000230. The molecule has 27 nitrogen and oxygen atoms in total. The van der Waals surface area contributed by atoms with Crippen LogP contribution in [0.1, 0.15) is 166 Å². The molecular weight excluding hydrogens is 1420 g/mol. The van der Waals surface area contributed by atoms with Crippen LogP contribution in [0.15, 0.2) is 128 Å². The fourth-order valence-corrected chi connectivity index (χ4v) is 10.8. The van der Waals surface area contributed by atoms with Crippen LogP contribution in [-0.4, -0.2) is 139 Å². The van der Waals surface area contributed by atoms with E-state index in [0.717, 1.165) is 44.0 Å². The third kappa shape index (κ3) is 20.2. The second-order valence-corrected chi connectivity index (χ2v) is 26.0. The molecule has 0 radical (unpaired) electrons. The molecule has 0 aliphatic rings. The number of aryl methyl sites for hydroxylation is 6. The van der Waals surface area contributed by atoms with Gasteiger partial charge in [0.15, 0.2) is 0 Å². The van der Waals surface area contributed by atoms with Gasteiger partial charge in [0, 0.05) is 42.3 Å². The number of hydroxylamine groups is 2. The molecule has 0 aliphatic carbocycles. The number of ether oxygens (including phenoxy) is 5. The maximum absolute atomic E-state index is 13.5. The van der Waals surface area contributed by atoms with Gasteiger partial charge in [-0.3, -0.25) is 29.2 Å². The third-order valence-corrected chi connectivity index (χ3v) is 15.5. The number of carbonyl (C=O) groups excluding carboxylic acids is 5. The van der Waals surface area contributed by atoms with Gasteiger partial charge in [-0.05, 0) is 209 Å². The number of hydrogen-bond donors (Lipinski definition) is 1. The number of amides is 1. The van der Waals surface area contributed by atoms with Gasteiger partial charge in [-0.1, -0.05) is 54.4 Å². The summed E-state index contributed by atoms with van der Waals surface area (Å²) in [6.07, 6.45) is 5.83. The van der Waals surface area contributed by atoms with E-state index in [9.17, 15) is 24.0 Å². The van der Waals surface area contributed by atoms with Gasteiger partial charge in [0.1, 0.15) is 61.0 Å². The topological polar surface area (TPSA) is 325 Å². The van der Waals surface area contributed by atoms with Crippen molar-refractivity contribution in [3.63, 3.8) is 0 Å². The molecule has 1 N–H and O–H groups in total. The Kier molecular flexibility index (Phi) is 29.7. The summed E-state index contributed by atoms with van der Waals surface area (Å²) >= 11 is 3.20.